The third-order valence-electron chi connectivity index (χ3n) is 4.26. The van der Waals surface area contributed by atoms with Gasteiger partial charge >= 0.3 is 5.97 Å². The highest BCUT2D eigenvalue weighted by Crippen LogP contribution is 2.42. The maximum Gasteiger partial charge on any atom is 0.358 e. The van der Waals surface area contributed by atoms with E-state index in [1.54, 1.807) is 49.4 Å². The summed E-state index contributed by atoms with van der Waals surface area (Å²) in [4.78, 5) is 12.3. The standard InChI is InChI=1S/C21H22N2O6/c1-5-29-21(25)14-12-16(23(22-14)15-8-6-7-9-17(15)24)13-10-18(26-2)20(28-4)19(11-13)27-3/h6-12,24H,5H2,1-4H3. The number of ether oxygens (including phenoxy) is 4. The first kappa shape index (κ1) is 20.1. The van der Waals surface area contributed by atoms with Crippen molar-refractivity contribution in [3.05, 3.63) is 48.2 Å². The van der Waals surface area contributed by atoms with Crippen LogP contribution in [0.1, 0.15) is 17.4 Å². The van der Waals surface area contributed by atoms with Gasteiger partial charge < -0.3 is 24.1 Å². The van der Waals surface area contributed by atoms with E-state index < -0.39 is 5.97 Å². The van der Waals surface area contributed by atoms with Crippen LogP contribution in [0.25, 0.3) is 16.9 Å². The fourth-order valence-corrected chi connectivity index (χ4v) is 2.95. The van der Waals surface area contributed by atoms with Crippen LogP contribution in [-0.2, 0) is 4.74 Å². The normalized spacial score (nSPS) is 10.5. The van der Waals surface area contributed by atoms with Gasteiger partial charge in [-0.15, -0.1) is 0 Å². The third kappa shape index (κ3) is 3.82. The number of rotatable bonds is 7. The van der Waals surface area contributed by atoms with Crippen LogP contribution in [0.2, 0.25) is 0 Å². The van der Waals surface area contributed by atoms with Crippen molar-refractivity contribution in [2.45, 2.75) is 6.92 Å². The lowest BCUT2D eigenvalue weighted by Gasteiger charge is -2.15. The summed E-state index contributed by atoms with van der Waals surface area (Å²) in [7, 11) is 4.56. The Kier molecular flexibility index (Phi) is 5.92. The van der Waals surface area contributed by atoms with Crippen molar-refractivity contribution in [1.29, 1.82) is 0 Å². The smallest absolute Gasteiger partial charge is 0.358 e. The zero-order valence-corrected chi connectivity index (χ0v) is 16.6. The molecule has 0 atom stereocenters. The molecule has 8 nitrogen and oxygen atoms in total. The number of esters is 1. The lowest BCUT2D eigenvalue weighted by atomic mass is 10.1. The van der Waals surface area contributed by atoms with Gasteiger partial charge in [-0.05, 0) is 37.3 Å². The van der Waals surface area contributed by atoms with E-state index in [2.05, 4.69) is 5.10 Å². The van der Waals surface area contributed by atoms with E-state index >= 15 is 0 Å². The summed E-state index contributed by atoms with van der Waals surface area (Å²) >= 11 is 0. The number of nitrogens with zero attached hydrogens (tertiary/aromatic N) is 2. The van der Waals surface area contributed by atoms with Crippen LogP contribution in [-0.4, -0.2) is 48.8 Å². The number of carbonyl (C=O) groups excluding carboxylic acids is 1. The molecule has 0 aliphatic heterocycles. The highest BCUT2D eigenvalue weighted by Gasteiger charge is 2.22. The van der Waals surface area contributed by atoms with Crippen LogP contribution in [0.4, 0.5) is 0 Å². The van der Waals surface area contributed by atoms with Gasteiger partial charge in [0, 0.05) is 5.56 Å². The molecule has 1 heterocycles. The topological polar surface area (TPSA) is 92.0 Å². The molecule has 0 bridgehead atoms. The number of methoxy groups -OCH3 is 3. The first-order valence-corrected chi connectivity index (χ1v) is 8.89. The number of para-hydroxylation sites is 2. The average Bonchev–Trinajstić information content (AvgIpc) is 3.18. The molecule has 0 aliphatic rings. The van der Waals surface area contributed by atoms with Gasteiger partial charge in [0.15, 0.2) is 17.2 Å². The zero-order chi connectivity index (χ0) is 21.0. The molecule has 0 saturated heterocycles. The number of aromatic nitrogens is 2. The van der Waals surface area contributed by atoms with E-state index in [1.165, 1.54) is 26.0 Å². The van der Waals surface area contributed by atoms with Crippen LogP contribution >= 0.6 is 0 Å². The Morgan fingerprint density at radius 1 is 1.03 bits per heavy atom. The minimum Gasteiger partial charge on any atom is -0.506 e. The van der Waals surface area contributed by atoms with Crippen molar-refractivity contribution in [3.63, 3.8) is 0 Å². The number of carbonyl (C=O) groups is 1. The van der Waals surface area contributed by atoms with Crippen LogP contribution in [0.5, 0.6) is 23.0 Å². The Balaban J connectivity index is 2.25. The predicted molar refractivity (Wildman–Crippen MR) is 106 cm³/mol. The molecule has 152 valence electrons. The second-order valence-electron chi connectivity index (χ2n) is 5.95. The lowest BCUT2D eigenvalue weighted by molar-refractivity contribution is 0.0519. The monoisotopic (exact) mass is 398 g/mol. The zero-order valence-electron chi connectivity index (χ0n) is 16.6. The van der Waals surface area contributed by atoms with Gasteiger partial charge in [-0.25, -0.2) is 9.48 Å². The van der Waals surface area contributed by atoms with E-state index in [9.17, 15) is 9.90 Å². The fourth-order valence-electron chi connectivity index (χ4n) is 2.95. The number of benzene rings is 2. The second kappa shape index (κ2) is 8.55. The van der Waals surface area contributed by atoms with Crippen molar-refractivity contribution in [1.82, 2.24) is 9.78 Å². The highest BCUT2D eigenvalue weighted by molar-refractivity contribution is 5.89. The minimum atomic E-state index is -0.560. The first-order valence-electron chi connectivity index (χ1n) is 8.89. The molecular weight excluding hydrogens is 376 g/mol. The Hall–Kier alpha value is -3.68. The average molecular weight is 398 g/mol. The van der Waals surface area contributed by atoms with Crippen molar-refractivity contribution < 1.29 is 28.8 Å². The Morgan fingerprint density at radius 3 is 2.24 bits per heavy atom. The molecule has 3 rings (SSSR count). The molecule has 0 fully saturated rings. The van der Waals surface area contributed by atoms with Crippen LogP contribution in [0.15, 0.2) is 42.5 Å². The molecule has 2 aromatic carbocycles. The highest BCUT2D eigenvalue weighted by atomic mass is 16.5. The van der Waals surface area contributed by atoms with Crippen molar-refractivity contribution >= 4 is 5.97 Å². The summed E-state index contributed by atoms with van der Waals surface area (Å²) in [6, 6.07) is 11.8. The molecule has 0 radical (unpaired) electrons. The summed E-state index contributed by atoms with van der Waals surface area (Å²) in [6.45, 7) is 1.94. The quantitative estimate of drug-likeness (QED) is 0.610. The molecule has 0 amide bonds. The summed E-state index contributed by atoms with van der Waals surface area (Å²) in [5.41, 5.74) is 1.70. The summed E-state index contributed by atoms with van der Waals surface area (Å²) in [5, 5.41) is 14.7. The van der Waals surface area contributed by atoms with Crippen molar-refractivity contribution in [2.24, 2.45) is 0 Å². The molecular formula is C21H22N2O6. The number of aromatic hydroxyl groups is 1. The van der Waals surface area contributed by atoms with Gasteiger partial charge in [0.05, 0.1) is 33.6 Å². The molecule has 0 saturated carbocycles. The molecule has 0 unspecified atom stereocenters. The second-order valence-corrected chi connectivity index (χ2v) is 5.95. The molecule has 0 aliphatic carbocycles. The molecule has 1 N–H and O–H groups in total. The van der Waals surface area contributed by atoms with Gasteiger partial charge in [0.1, 0.15) is 11.4 Å². The Labute approximate surface area is 168 Å². The van der Waals surface area contributed by atoms with Gasteiger partial charge in [0.2, 0.25) is 5.75 Å². The van der Waals surface area contributed by atoms with E-state index in [0.717, 1.165) is 0 Å². The number of phenols is 1. The van der Waals surface area contributed by atoms with Crippen molar-refractivity contribution in [3.8, 4) is 39.9 Å². The SMILES string of the molecule is CCOC(=O)c1cc(-c2cc(OC)c(OC)c(OC)c2)n(-c2ccccc2O)n1. The van der Waals surface area contributed by atoms with E-state index in [0.29, 0.717) is 34.2 Å². The molecule has 3 aromatic rings. The van der Waals surface area contributed by atoms with Gasteiger partial charge in [-0.2, -0.15) is 5.10 Å². The van der Waals surface area contributed by atoms with Crippen LogP contribution in [0, 0.1) is 0 Å². The maximum atomic E-state index is 12.3. The first-order chi connectivity index (χ1) is 14.0. The predicted octanol–water partition coefficient (Wildman–Crippen LogP) is 3.45. The van der Waals surface area contributed by atoms with Crippen LogP contribution in [0.3, 0.4) is 0 Å². The minimum absolute atomic E-state index is 0.0136. The summed E-state index contributed by atoms with van der Waals surface area (Å²) in [5.74, 6) is 0.794. The van der Waals surface area contributed by atoms with Crippen LogP contribution < -0.4 is 14.2 Å². The molecule has 0 spiro atoms. The largest absolute Gasteiger partial charge is 0.506 e. The van der Waals surface area contributed by atoms with E-state index in [-0.39, 0.29) is 18.1 Å². The number of phenolic OH excluding ortho intramolecular Hbond substituents is 1. The van der Waals surface area contributed by atoms with Crippen molar-refractivity contribution in [2.75, 3.05) is 27.9 Å². The maximum absolute atomic E-state index is 12.3. The Morgan fingerprint density at radius 2 is 1.69 bits per heavy atom. The molecule has 1 aromatic heterocycles. The molecule has 29 heavy (non-hydrogen) atoms. The Bertz CT molecular complexity index is 1000. The number of hydrogen-bond acceptors (Lipinski definition) is 7. The van der Waals surface area contributed by atoms with Gasteiger partial charge in [-0.3, -0.25) is 0 Å². The molecule has 8 heteroatoms. The van der Waals surface area contributed by atoms with Gasteiger partial charge in [0.25, 0.3) is 0 Å². The van der Waals surface area contributed by atoms with E-state index in [1.807, 2.05) is 0 Å². The number of hydrogen-bond donors (Lipinski definition) is 1. The summed E-state index contributed by atoms with van der Waals surface area (Å²) in [6.07, 6.45) is 0. The van der Waals surface area contributed by atoms with E-state index in [4.69, 9.17) is 18.9 Å². The van der Waals surface area contributed by atoms with Gasteiger partial charge in [-0.1, -0.05) is 12.1 Å². The third-order valence-corrected chi connectivity index (χ3v) is 4.26. The lowest BCUT2D eigenvalue weighted by Crippen LogP contribution is -2.07. The summed E-state index contributed by atoms with van der Waals surface area (Å²) < 4.78 is 22.8. The fraction of sp³-hybridized carbons (Fsp3) is 0.238.